The summed E-state index contributed by atoms with van der Waals surface area (Å²) >= 11 is 1.60. The van der Waals surface area contributed by atoms with Gasteiger partial charge in [-0.25, -0.2) is 4.98 Å². The number of aryl methyl sites for hydroxylation is 2. The number of hydrogen-bond acceptors (Lipinski definition) is 8. The van der Waals surface area contributed by atoms with Crippen molar-refractivity contribution in [3.8, 4) is 11.3 Å². The molecule has 11 heteroatoms. The molecule has 1 aliphatic heterocycles. The summed E-state index contributed by atoms with van der Waals surface area (Å²) in [6.45, 7) is 8.86. The minimum Gasteiger partial charge on any atom is -0.379 e. The van der Waals surface area contributed by atoms with Gasteiger partial charge in [0.05, 0.1) is 24.6 Å². The summed E-state index contributed by atoms with van der Waals surface area (Å²) in [7, 11) is 0. The molecule has 4 aromatic rings. The molecule has 1 saturated heterocycles. The lowest BCUT2D eigenvalue weighted by Gasteiger charge is -2.36. The number of ether oxygens (including phenoxy) is 1. The second kappa shape index (κ2) is 15.0. The lowest BCUT2D eigenvalue weighted by Crippen LogP contribution is -2.45. The molecule has 10 nitrogen and oxygen atoms in total. The van der Waals surface area contributed by atoms with Gasteiger partial charge in [0.15, 0.2) is 5.13 Å². The Kier molecular flexibility index (Phi) is 10.6. The summed E-state index contributed by atoms with van der Waals surface area (Å²) in [4.78, 5) is 38.2. The highest BCUT2D eigenvalue weighted by molar-refractivity contribution is 7.15. The van der Waals surface area contributed by atoms with E-state index >= 15 is 0 Å². The molecule has 2 aliphatic rings. The Hall–Kier alpha value is -3.93. The Morgan fingerprint density at radius 1 is 1.21 bits per heavy atom. The van der Waals surface area contributed by atoms with Crippen LogP contribution in [0, 0.1) is 6.92 Å². The van der Waals surface area contributed by atoms with Gasteiger partial charge in [-0.15, -0.1) is 11.3 Å². The van der Waals surface area contributed by atoms with Crippen molar-refractivity contribution in [1.82, 2.24) is 30.0 Å². The van der Waals surface area contributed by atoms with Crippen molar-refractivity contribution in [2.75, 3.05) is 38.2 Å². The molecule has 1 fully saturated rings. The van der Waals surface area contributed by atoms with Crippen LogP contribution >= 0.6 is 11.3 Å². The second-order valence-electron chi connectivity index (χ2n) is 10.8. The number of pyridine rings is 1. The number of nitrogens with zero attached hydrogens (tertiary/aromatic N) is 5. The van der Waals surface area contributed by atoms with Crippen LogP contribution in [0.15, 0.2) is 54.9 Å². The first kappa shape index (κ1) is 30.5. The number of fused-ring (bicyclic) bond motifs is 1. The van der Waals surface area contributed by atoms with Crippen LogP contribution in [0.4, 0.5) is 5.13 Å². The summed E-state index contributed by atoms with van der Waals surface area (Å²) in [6.07, 6.45) is 8.35. The van der Waals surface area contributed by atoms with Crippen LogP contribution in [0.3, 0.4) is 0 Å². The largest absolute Gasteiger partial charge is 0.379 e. The minimum absolute atomic E-state index is 0.161. The fourth-order valence-corrected chi connectivity index (χ4v) is 6.50. The van der Waals surface area contributed by atoms with Crippen molar-refractivity contribution in [2.45, 2.75) is 52.1 Å². The quantitative estimate of drug-likeness (QED) is 0.267. The third kappa shape index (κ3) is 8.34. The van der Waals surface area contributed by atoms with E-state index in [9.17, 15) is 9.59 Å². The highest BCUT2D eigenvalue weighted by atomic mass is 32.1. The first-order chi connectivity index (χ1) is 21.0. The number of H-pyrrole nitrogens is 1. The van der Waals surface area contributed by atoms with Crippen LogP contribution in [0.1, 0.15) is 52.0 Å². The summed E-state index contributed by atoms with van der Waals surface area (Å²) in [5.74, 6) is -0.161. The number of morpholine rings is 1. The number of thiazole rings is 1. The Labute approximate surface area is 256 Å². The molecule has 1 aliphatic carbocycles. The molecule has 3 aromatic heterocycles. The van der Waals surface area contributed by atoms with Crippen LogP contribution in [-0.2, 0) is 28.9 Å². The van der Waals surface area contributed by atoms with E-state index in [0.717, 1.165) is 86.6 Å². The molecule has 1 unspecified atom stereocenters. The number of hydrogen-bond donors (Lipinski definition) is 2. The number of benzene rings is 1. The average molecular weight is 602 g/mol. The van der Waals surface area contributed by atoms with E-state index in [1.165, 1.54) is 4.88 Å². The number of rotatable bonds is 9. The molecule has 6 rings (SSSR count). The Balaban J connectivity index is 0.000000255. The lowest BCUT2D eigenvalue weighted by molar-refractivity contribution is -0.118. The van der Waals surface area contributed by atoms with E-state index < -0.39 is 0 Å². The summed E-state index contributed by atoms with van der Waals surface area (Å²) in [5, 5.41) is 10.7. The van der Waals surface area contributed by atoms with Gasteiger partial charge in [0.25, 0.3) is 5.91 Å². The highest BCUT2D eigenvalue weighted by Crippen LogP contribution is 2.32. The zero-order valence-corrected chi connectivity index (χ0v) is 25.6. The van der Waals surface area contributed by atoms with Crippen molar-refractivity contribution in [3.05, 3.63) is 82.3 Å². The van der Waals surface area contributed by atoms with E-state index in [1.54, 1.807) is 34.7 Å². The van der Waals surface area contributed by atoms with E-state index in [1.807, 2.05) is 50.2 Å². The molecule has 0 spiro atoms. The van der Waals surface area contributed by atoms with Crippen LogP contribution in [0.5, 0.6) is 0 Å². The number of aromatic amines is 1. The zero-order chi connectivity index (χ0) is 30.0. The zero-order valence-electron chi connectivity index (χ0n) is 24.8. The van der Waals surface area contributed by atoms with Gasteiger partial charge in [0, 0.05) is 66.3 Å². The molecule has 0 saturated carbocycles. The molecule has 0 radical (unpaired) electrons. The van der Waals surface area contributed by atoms with Gasteiger partial charge in [0.2, 0.25) is 6.41 Å². The molecule has 2 N–H and O–H groups in total. The normalized spacial score (nSPS) is 16.5. The summed E-state index contributed by atoms with van der Waals surface area (Å²) in [6, 6.07) is 13.9. The maximum atomic E-state index is 12.8. The van der Waals surface area contributed by atoms with Gasteiger partial charge in [-0.1, -0.05) is 19.1 Å². The smallest absolute Gasteiger partial charge is 0.257 e. The van der Waals surface area contributed by atoms with Gasteiger partial charge >= 0.3 is 0 Å². The van der Waals surface area contributed by atoms with Gasteiger partial charge < -0.3 is 9.64 Å². The molecule has 0 bridgehead atoms. The standard InChI is InChI=1S/C23H30N4O3S.C9H9N3/c1-2-8-26(16-28)15-17-4-3-5-18(13-17)22(29)25-23-24-20-7-6-19(14-21(20)31-23)27-9-11-30-12-10-27;1-7-6-9(12-11-7)8-2-4-10-5-3-8/h3-5,13,16,19H,2,6-12,14-15H2,1H3,(H,24,25,29);2-6H,1H3,(H,11,12). The molecular formula is C32H39N7O3S. The first-order valence-electron chi connectivity index (χ1n) is 14.8. The van der Waals surface area contributed by atoms with Crippen LogP contribution < -0.4 is 5.32 Å². The number of amides is 2. The van der Waals surface area contributed by atoms with E-state index in [2.05, 4.69) is 25.4 Å². The number of aromatic nitrogens is 4. The molecule has 226 valence electrons. The number of carbonyl (C=O) groups is 2. The predicted octanol–water partition coefficient (Wildman–Crippen LogP) is 4.73. The SMILES string of the molecule is CCCN(C=O)Cc1cccc(C(=O)Nc2nc3c(s2)CC(N2CCOCC2)CC3)c1.Cc1cc(-c2ccncc2)n[nH]1. The van der Waals surface area contributed by atoms with E-state index in [4.69, 9.17) is 9.72 Å². The number of anilines is 1. The molecule has 4 heterocycles. The fourth-order valence-electron chi connectivity index (χ4n) is 5.42. The van der Waals surface area contributed by atoms with E-state index in [-0.39, 0.29) is 5.91 Å². The van der Waals surface area contributed by atoms with Crippen molar-refractivity contribution >= 4 is 28.8 Å². The first-order valence-corrected chi connectivity index (χ1v) is 15.7. The van der Waals surface area contributed by atoms with Gasteiger partial charge in [-0.05, 0) is 68.5 Å². The van der Waals surface area contributed by atoms with Gasteiger partial charge in [-0.2, -0.15) is 5.10 Å². The van der Waals surface area contributed by atoms with Crippen molar-refractivity contribution in [1.29, 1.82) is 0 Å². The topological polar surface area (TPSA) is 116 Å². The molecule has 1 aromatic carbocycles. The summed E-state index contributed by atoms with van der Waals surface area (Å²) in [5.41, 5.74) is 5.78. The molecule has 2 amide bonds. The predicted molar refractivity (Wildman–Crippen MR) is 168 cm³/mol. The third-order valence-electron chi connectivity index (χ3n) is 7.61. The lowest BCUT2D eigenvalue weighted by atomic mass is 9.96. The Morgan fingerprint density at radius 2 is 2.02 bits per heavy atom. The third-order valence-corrected chi connectivity index (χ3v) is 8.65. The molecule has 43 heavy (non-hydrogen) atoms. The number of nitrogens with one attached hydrogen (secondary N) is 2. The van der Waals surface area contributed by atoms with Gasteiger partial charge in [-0.3, -0.25) is 29.9 Å². The van der Waals surface area contributed by atoms with Crippen molar-refractivity contribution in [3.63, 3.8) is 0 Å². The van der Waals surface area contributed by atoms with E-state index in [0.29, 0.717) is 29.8 Å². The maximum Gasteiger partial charge on any atom is 0.257 e. The fraction of sp³-hybridized carbons (Fsp3) is 0.406. The van der Waals surface area contributed by atoms with Crippen molar-refractivity contribution < 1.29 is 14.3 Å². The average Bonchev–Trinajstić information content (AvgIpc) is 3.67. The monoisotopic (exact) mass is 601 g/mol. The van der Waals surface area contributed by atoms with Gasteiger partial charge in [0.1, 0.15) is 0 Å². The van der Waals surface area contributed by atoms with Crippen LogP contribution in [-0.4, -0.2) is 81.2 Å². The Morgan fingerprint density at radius 3 is 2.74 bits per heavy atom. The second-order valence-corrected chi connectivity index (χ2v) is 11.9. The molecular weight excluding hydrogens is 562 g/mol. The number of carbonyl (C=O) groups excluding carboxylic acids is 2. The minimum atomic E-state index is -0.161. The molecule has 1 atom stereocenters. The van der Waals surface area contributed by atoms with Crippen LogP contribution in [0.25, 0.3) is 11.3 Å². The Bertz CT molecular complexity index is 1480. The van der Waals surface area contributed by atoms with Crippen LogP contribution in [0.2, 0.25) is 0 Å². The summed E-state index contributed by atoms with van der Waals surface area (Å²) < 4.78 is 5.48. The maximum absolute atomic E-state index is 12.8. The highest BCUT2D eigenvalue weighted by Gasteiger charge is 2.28. The van der Waals surface area contributed by atoms with Crippen molar-refractivity contribution in [2.24, 2.45) is 0 Å².